The fraction of sp³-hybridized carbons (Fsp3) is 0.227. The van der Waals surface area contributed by atoms with E-state index in [1.54, 1.807) is 0 Å². The number of likely N-dealkylation sites (N-methyl/N-ethyl adjacent to an activating group) is 1. The van der Waals surface area contributed by atoms with Crippen LogP contribution in [0.3, 0.4) is 0 Å². The molecule has 4 nitrogen and oxygen atoms in total. The van der Waals surface area contributed by atoms with Crippen molar-refractivity contribution in [3.05, 3.63) is 78.4 Å². The zero-order valence-electron chi connectivity index (χ0n) is 15.2. The maximum Gasteiger partial charge on any atom is 0.258 e. The van der Waals surface area contributed by atoms with Crippen LogP contribution in [0.1, 0.15) is 11.6 Å². The second-order valence-corrected chi connectivity index (χ2v) is 6.49. The summed E-state index contributed by atoms with van der Waals surface area (Å²) in [6, 6.07) is 24.2. The molecule has 1 amide bonds. The van der Waals surface area contributed by atoms with Crippen molar-refractivity contribution in [3.63, 3.8) is 0 Å². The third kappa shape index (κ3) is 4.61. The Balaban J connectivity index is 1.54. The van der Waals surface area contributed by atoms with Crippen LogP contribution in [0.15, 0.2) is 72.8 Å². The van der Waals surface area contributed by atoms with E-state index in [0.29, 0.717) is 12.3 Å². The quantitative estimate of drug-likeness (QED) is 0.709. The van der Waals surface area contributed by atoms with Crippen LogP contribution >= 0.6 is 0 Å². The van der Waals surface area contributed by atoms with Crippen molar-refractivity contribution in [2.75, 3.05) is 27.2 Å². The molecule has 4 heteroatoms. The smallest absolute Gasteiger partial charge is 0.258 e. The van der Waals surface area contributed by atoms with Crippen LogP contribution in [0.2, 0.25) is 0 Å². The van der Waals surface area contributed by atoms with Crippen molar-refractivity contribution in [1.29, 1.82) is 0 Å². The Bertz CT molecular complexity index is 862. The molecule has 0 bridgehead atoms. The fourth-order valence-corrected chi connectivity index (χ4v) is 2.94. The Morgan fingerprint density at radius 2 is 1.65 bits per heavy atom. The van der Waals surface area contributed by atoms with Crippen LogP contribution in [0.4, 0.5) is 0 Å². The number of nitrogens with zero attached hydrogens (tertiary/aromatic N) is 1. The van der Waals surface area contributed by atoms with Gasteiger partial charge in [-0.1, -0.05) is 60.7 Å². The Morgan fingerprint density at radius 3 is 2.38 bits per heavy atom. The molecule has 0 spiro atoms. The molecule has 0 fully saturated rings. The standard InChI is InChI=1S/C22H24N2O2/c1-24(2)21(18-9-4-3-5-10-18)15-23-22(25)16-26-20-13-12-17-8-6-7-11-19(17)14-20/h3-14,21H,15-16H2,1-2H3,(H,23,25)/t21-/m1/s1. The van der Waals surface area contributed by atoms with Crippen LogP contribution in [-0.4, -0.2) is 38.1 Å². The maximum absolute atomic E-state index is 12.2. The molecule has 0 aromatic heterocycles. The Morgan fingerprint density at radius 1 is 0.962 bits per heavy atom. The van der Waals surface area contributed by atoms with Gasteiger partial charge in [-0.05, 0) is 42.6 Å². The molecule has 0 radical (unpaired) electrons. The number of amides is 1. The molecule has 0 heterocycles. The molecule has 26 heavy (non-hydrogen) atoms. The lowest BCUT2D eigenvalue weighted by atomic mass is 10.1. The first kappa shape index (κ1) is 18.0. The third-order valence-electron chi connectivity index (χ3n) is 4.39. The predicted molar refractivity (Wildman–Crippen MR) is 105 cm³/mol. The number of rotatable bonds is 7. The molecule has 3 aromatic carbocycles. The van der Waals surface area contributed by atoms with E-state index in [4.69, 9.17) is 4.74 Å². The van der Waals surface area contributed by atoms with Crippen molar-refractivity contribution in [2.24, 2.45) is 0 Å². The van der Waals surface area contributed by atoms with E-state index in [-0.39, 0.29) is 18.6 Å². The SMILES string of the molecule is CN(C)[C@H](CNC(=O)COc1ccc2ccccc2c1)c1ccccc1. The van der Waals surface area contributed by atoms with Gasteiger partial charge >= 0.3 is 0 Å². The fourth-order valence-electron chi connectivity index (χ4n) is 2.94. The predicted octanol–water partition coefficient (Wildman–Crippen LogP) is 3.64. The highest BCUT2D eigenvalue weighted by Gasteiger charge is 2.15. The van der Waals surface area contributed by atoms with Crippen LogP contribution < -0.4 is 10.1 Å². The van der Waals surface area contributed by atoms with Gasteiger partial charge in [-0.3, -0.25) is 4.79 Å². The topological polar surface area (TPSA) is 41.6 Å². The summed E-state index contributed by atoms with van der Waals surface area (Å²) in [6.45, 7) is 0.546. The molecule has 134 valence electrons. The summed E-state index contributed by atoms with van der Waals surface area (Å²) >= 11 is 0. The molecule has 0 unspecified atom stereocenters. The number of carbonyl (C=O) groups is 1. The van der Waals surface area contributed by atoms with E-state index in [2.05, 4.69) is 28.4 Å². The minimum absolute atomic E-state index is 0.00722. The van der Waals surface area contributed by atoms with E-state index in [1.165, 1.54) is 5.56 Å². The highest BCUT2D eigenvalue weighted by atomic mass is 16.5. The number of hydrogen-bond donors (Lipinski definition) is 1. The zero-order valence-corrected chi connectivity index (χ0v) is 15.2. The average molecular weight is 348 g/mol. The van der Waals surface area contributed by atoms with Gasteiger partial charge in [-0.25, -0.2) is 0 Å². The summed E-state index contributed by atoms with van der Waals surface area (Å²) in [7, 11) is 4.02. The van der Waals surface area contributed by atoms with Gasteiger partial charge < -0.3 is 15.0 Å². The second-order valence-electron chi connectivity index (χ2n) is 6.49. The highest BCUT2D eigenvalue weighted by Crippen LogP contribution is 2.20. The van der Waals surface area contributed by atoms with Gasteiger partial charge in [0, 0.05) is 6.54 Å². The number of benzene rings is 3. The van der Waals surface area contributed by atoms with E-state index >= 15 is 0 Å². The first-order chi connectivity index (χ1) is 12.6. The van der Waals surface area contributed by atoms with Gasteiger partial charge in [-0.15, -0.1) is 0 Å². The maximum atomic E-state index is 12.2. The van der Waals surface area contributed by atoms with E-state index < -0.39 is 0 Å². The molecule has 0 saturated heterocycles. The normalized spacial score (nSPS) is 12.1. The lowest BCUT2D eigenvalue weighted by molar-refractivity contribution is -0.123. The van der Waals surface area contributed by atoms with Crippen LogP contribution in [0, 0.1) is 0 Å². The van der Waals surface area contributed by atoms with Crippen molar-refractivity contribution in [3.8, 4) is 5.75 Å². The van der Waals surface area contributed by atoms with Gasteiger partial charge in [0.15, 0.2) is 6.61 Å². The third-order valence-corrected chi connectivity index (χ3v) is 4.39. The Kier molecular flexibility index (Phi) is 5.87. The molecule has 0 aliphatic heterocycles. The second kappa shape index (κ2) is 8.50. The monoisotopic (exact) mass is 348 g/mol. The summed E-state index contributed by atoms with van der Waals surface area (Å²) in [4.78, 5) is 14.3. The van der Waals surface area contributed by atoms with Gasteiger partial charge in [0.05, 0.1) is 6.04 Å². The summed E-state index contributed by atoms with van der Waals surface area (Å²) in [6.07, 6.45) is 0. The molecule has 3 rings (SSSR count). The summed E-state index contributed by atoms with van der Waals surface area (Å²) in [5.41, 5.74) is 1.17. The molecule has 1 N–H and O–H groups in total. The molecule has 1 atom stereocenters. The van der Waals surface area contributed by atoms with E-state index in [0.717, 1.165) is 10.8 Å². The molecular formula is C22H24N2O2. The summed E-state index contributed by atoms with van der Waals surface area (Å²) in [5, 5.41) is 5.22. The highest BCUT2D eigenvalue weighted by molar-refractivity contribution is 5.84. The van der Waals surface area contributed by atoms with Crippen molar-refractivity contribution in [1.82, 2.24) is 10.2 Å². The molecule has 0 aliphatic carbocycles. The lowest BCUT2D eigenvalue weighted by Crippen LogP contribution is -2.36. The number of ether oxygens (including phenoxy) is 1. The molecule has 3 aromatic rings. The van der Waals surface area contributed by atoms with Gasteiger partial charge in [0.1, 0.15) is 5.75 Å². The zero-order chi connectivity index (χ0) is 18.4. The van der Waals surface area contributed by atoms with Crippen molar-refractivity contribution >= 4 is 16.7 Å². The van der Waals surface area contributed by atoms with Crippen LogP contribution in [0.5, 0.6) is 5.75 Å². The summed E-state index contributed by atoms with van der Waals surface area (Å²) < 4.78 is 5.65. The lowest BCUT2D eigenvalue weighted by Gasteiger charge is -2.25. The van der Waals surface area contributed by atoms with Gasteiger partial charge in [0.2, 0.25) is 0 Å². The number of nitrogens with one attached hydrogen (secondary N) is 1. The molecule has 0 saturated carbocycles. The Hall–Kier alpha value is -2.85. The minimum atomic E-state index is -0.124. The average Bonchev–Trinajstić information content (AvgIpc) is 2.67. The van der Waals surface area contributed by atoms with Gasteiger partial charge in [-0.2, -0.15) is 0 Å². The molecular weight excluding hydrogens is 324 g/mol. The number of hydrogen-bond acceptors (Lipinski definition) is 3. The Labute approximate surface area is 154 Å². The van der Waals surface area contributed by atoms with E-state index in [9.17, 15) is 4.79 Å². The van der Waals surface area contributed by atoms with Crippen molar-refractivity contribution in [2.45, 2.75) is 6.04 Å². The minimum Gasteiger partial charge on any atom is -0.484 e. The van der Waals surface area contributed by atoms with E-state index in [1.807, 2.05) is 68.7 Å². The largest absolute Gasteiger partial charge is 0.484 e. The number of fused-ring (bicyclic) bond motifs is 1. The van der Waals surface area contributed by atoms with Crippen LogP contribution in [-0.2, 0) is 4.79 Å². The van der Waals surface area contributed by atoms with Crippen LogP contribution in [0.25, 0.3) is 10.8 Å². The first-order valence-corrected chi connectivity index (χ1v) is 8.73. The summed E-state index contributed by atoms with van der Waals surface area (Å²) in [5.74, 6) is 0.576. The number of carbonyl (C=O) groups excluding carboxylic acids is 1. The van der Waals surface area contributed by atoms with Gasteiger partial charge in [0.25, 0.3) is 5.91 Å². The first-order valence-electron chi connectivity index (χ1n) is 8.73. The molecule has 0 aliphatic rings. The van der Waals surface area contributed by atoms with Crippen molar-refractivity contribution < 1.29 is 9.53 Å².